The van der Waals surface area contributed by atoms with E-state index in [-0.39, 0.29) is 17.4 Å². The first-order valence-corrected chi connectivity index (χ1v) is 7.03. The molecular weight excluding hydrogens is 311 g/mol. The fraction of sp³-hybridized carbons (Fsp3) is 0.312. The predicted octanol–water partition coefficient (Wildman–Crippen LogP) is 4.23. The molecule has 0 radical (unpaired) electrons. The molecule has 2 rings (SSSR count). The summed E-state index contributed by atoms with van der Waals surface area (Å²) >= 11 is 0. The minimum Gasteiger partial charge on any atom is -0.456 e. The Bertz CT molecular complexity index is 662. The second kappa shape index (κ2) is 6.76. The first-order chi connectivity index (χ1) is 10.8. The zero-order chi connectivity index (χ0) is 17.0. The van der Waals surface area contributed by atoms with E-state index in [0.29, 0.717) is 17.7 Å². The Morgan fingerprint density at radius 2 is 1.87 bits per heavy atom. The molecule has 1 N–H and O–H groups in total. The Morgan fingerprint density at radius 1 is 1.22 bits per heavy atom. The number of hydrogen-bond acceptors (Lipinski definition) is 3. The molecule has 23 heavy (non-hydrogen) atoms. The largest absolute Gasteiger partial charge is 0.573 e. The number of carbonyl (C=O) groups excluding carboxylic acids is 1. The summed E-state index contributed by atoms with van der Waals surface area (Å²) in [6.45, 7) is 3.63. The van der Waals surface area contributed by atoms with Gasteiger partial charge in [0, 0.05) is 6.42 Å². The lowest BCUT2D eigenvalue weighted by Crippen LogP contribution is -2.26. The van der Waals surface area contributed by atoms with Crippen molar-refractivity contribution < 1.29 is 27.1 Å². The van der Waals surface area contributed by atoms with Gasteiger partial charge in [0.15, 0.2) is 5.76 Å². The van der Waals surface area contributed by atoms with E-state index < -0.39 is 12.4 Å². The molecule has 0 aliphatic carbocycles. The second-order valence-electron chi connectivity index (χ2n) is 4.93. The normalized spacial score (nSPS) is 12.7. The van der Waals surface area contributed by atoms with Crippen LogP contribution in [0.4, 0.5) is 13.2 Å². The lowest BCUT2D eigenvalue weighted by atomic mass is 10.1. The van der Waals surface area contributed by atoms with E-state index in [9.17, 15) is 18.0 Å². The van der Waals surface area contributed by atoms with Crippen molar-refractivity contribution in [3.05, 3.63) is 53.5 Å². The third-order valence-corrected chi connectivity index (χ3v) is 3.20. The SMILES string of the molecule is CCc1ccc(C(=O)NC(C)c2ccc(OC(F)(F)F)cc2)o1. The molecule has 0 spiro atoms. The first kappa shape index (κ1) is 16.9. The van der Waals surface area contributed by atoms with Gasteiger partial charge in [0.05, 0.1) is 6.04 Å². The second-order valence-corrected chi connectivity index (χ2v) is 4.93. The highest BCUT2D eigenvalue weighted by Crippen LogP contribution is 2.24. The quantitative estimate of drug-likeness (QED) is 0.894. The Labute approximate surface area is 131 Å². The van der Waals surface area contributed by atoms with Crippen molar-refractivity contribution >= 4 is 5.91 Å². The lowest BCUT2D eigenvalue weighted by molar-refractivity contribution is -0.274. The number of alkyl halides is 3. The molecule has 0 aliphatic rings. The monoisotopic (exact) mass is 327 g/mol. The van der Waals surface area contributed by atoms with Crippen molar-refractivity contribution in [3.63, 3.8) is 0 Å². The van der Waals surface area contributed by atoms with Gasteiger partial charge < -0.3 is 14.5 Å². The van der Waals surface area contributed by atoms with Crippen LogP contribution < -0.4 is 10.1 Å². The predicted molar refractivity (Wildman–Crippen MR) is 77.1 cm³/mol. The molecule has 4 nitrogen and oxygen atoms in total. The molecule has 1 aromatic heterocycles. The van der Waals surface area contributed by atoms with Gasteiger partial charge in [-0.3, -0.25) is 4.79 Å². The molecular formula is C16H16F3NO3. The van der Waals surface area contributed by atoms with E-state index in [1.165, 1.54) is 24.3 Å². The third kappa shape index (κ3) is 4.77. The number of hydrogen-bond donors (Lipinski definition) is 1. The Morgan fingerprint density at radius 3 is 2.39 bits per heavy atom. The summed E-state index contributed by atoms with van der Waals surface area (Å²) in [4.78, 5) is 12.0. The van der Waals surface area contributed by atoms with Gasteiger partial charge in [0.1, 0.15) is 11.5 Å². The fourth-order valence-corrected chi connectivity index (χ4v) is 2.00. The van der Waals surface area contributed by atoms with Gasteiger partial charge in [-0.05, 0) is 36.8 Å². The van der Waals surface area contributed by atoms with Crippen LogP contribution in [0.1, 0.15) is 41.8 Å². The molecule has 1 amide bonds. The summed E-state index contributed by atoms with van der Waals surface area (Å²) in [7, 11) is 0. The van der Waals surface area contributed by atoms with Gasteiger partial charge >= 0.3 is 6.36 Å². The number of benzene rings is 1. The van der Waals surface area contributed by atoms with Crippen LogP contribution in [0.3, 0.4) is 0 Å². The van der Waals surface area contributed by atoms with Gasteiger partial charge in [-0.25, -0.2) is 0 Å². The number of aryl methyl sites for hydroxylation is 1. The fourth-order valence-electron chi connectivity index (χ4n) is 2.00. The van der Waals surface area contributed by atoms with Crippen molar-refractivity contribution in [1.29, 1.82) is 0 Å². The highest BCUT2D eigenvalue weighted by molar-refractivity contribution is 5.91. The maximum absolute atomic E-state index is 12.1. The zero-order valence-corrected chi connectivity index (χ0v) is 12.6. The molecule has 1 aromatic carbocycles. The van der Waals surface area contributed by atoms with E-state index in [2.05, 4.69) is 10.1 Å². The molecule has 0 saturated carbocycles. The summed E-state index contributed by atoms with van der Waals surface area (Å²) in [6, 6.07) is 8.25. The number of nitrogens with one attached hydrogen (secondary N) is 1. The minimum absolute atomic E-state index is 0.200. The van der Waals surface area contributed by atoms with Gasteiger partial charge in [-0.1, -0.05) is 19.1 Å². The van der Waals surface area contributed by atoms with Crippen molar-refractivity contribution in [1.82, 2.24) is 5.32 Å². The molecule has 0 aliphatic heterocycles. The lowest BCUT2D eigenvalue weighted by Gasteiger charge is -2.14. The van der Waals surface area contributed by atoms with E-state index in [4.69, 9.17) is 4.42 Å². The molecule has 0 bridgehead atoms. The minimum atomic E-state index is -4.72. The number of ether oxygens (including phenoxy) is 1. The zero-order valence-electron chi connectivity index (χ0n) is 12.6. The molecule has 1 unspecified atom stereocenters. The summed E-state index contributed by atoms with van der Waals surface area (Å²) in [5, 5.41) is 2.72. The highest BCUT2D eigenvalue weighted by atomic mass is 19.4. The Hall–Kier alpha value is -2.44. The summed E-state index contributed by atoms with van der Waals surface area (Å²) in [6.07, 6.45) is -4.04. The van der Waals surface area contributed by atoms with Crippen LogP contribution in [0.15, 0.2) is 40.8 Å². The Balaban J connectivity index is 2.00. The van der Waals surface area contributed by atoms with E-state index in [1.54, 1.807) is 19.1 Å². The van der Waals surface area contributed by atoms with Crippen LogP contribution in [0, 0.1) is 0 Å². The molecule has 1 heterocycles. The average molecular weight is 327 g/mol. The smallest absolute Gasteiger partial charge is 0.456 e. The number of halogens is 3. The van der Waals surface area contributed by atoms with Crippen LogP contribution in [-0.2, 0) is 6.42 Å². The van der Waals surface area contributed by atoms with Gasteiger partial charge in [0.25, 0.3) is 5.91 Å². The Kier molecular flexibility index (Phi) is 4.98. The van der Waals surface area contributed by atoms with Crippen LogP contribution in [-0.4, -0.2) is 12.3 Å². The standard InChI is InChI=1S/C16H16F3NO3/c1-3-12-8-9-14(22-12)15(21)20-10(2)11-4-6-13(7-5-11)23-16(17,18)19/h4-10H,3H2,1-2H3,(H,20,21). The summed E-state index contributed by atoms with van der Waals surface area (Å²) < 4.78 is 45.5. The van der Waals surface area contributed by atoms with E-state index in [1.807, 2.05) is 6.92 Å². The molecule has 124 valence electrons. The van der Waals surface area contributed by atoms with Crippen LogP contribution in [0.25, 0.3) is 0 Å². The summed E-state index contributed by atoms with van der Waals surface area (Å²) in [5.41, 5.74) is 0.648. The van der Waals surface area contributed by atoms with Gasteiger partial charge in [-0.15, -0.1) is 13.2 Å². The van der Waals surface area contributed by atoms with Crippen molar-refractivity contribution in [2.24, 2.45) is 0 Å². The third-order valence-electron chi connectivity index (χ3n) is 3.20. The highest BCUT2D eigenvalue weighted by Gasteiger charge is 2.31. The molecule has 1 atom stereocenters. The van der Waals surface area contributed by atoms with E-state index >= 15 is 0 Å². The topological polar surface area (TPSA) is 51.5 Å². The molecule has 0 fully saturated rings. The number of amides is 1. The number of furan rings is 1. The summed E-state index contributed by atoms with van der Waals surface area (Å²) in [5.74, 6) is 0.216. The number of carbonyl (C=O) groups is 1. The average Bonchev–Trinajstić information content (AvgIpc) is 2.95. The van der Waals surface area contributed by atoms with Crippen LogP contribution >= 0.6 is 0 Å². The van der Waals surface area contributed by atoms with Crippen molar-refractivity contribution in [2.75, 3.05) is 0 Å². The number of rotatable bonds is 5. The van der Waals surface area contributed by atoms with Crippen LogP contribution in [0.5, 0.6) is 5.75 Å². The van der Waals surface area contributed by atoms with Gasteiger partial charge in [0.2, 0.25) is 0 Å². The van der Waals surface area contributed by atoms with Crippen LogP contribution in [0.2, 0.25) is 0 Å². The van der Waals surface area contributed by atoms with Crippen molar-refractivity contribution in [2.45, 2.75) is 32.7 Å². The first-order valence-electron chi connectivity index (χ1n) is 7.03. The maximum Gasteiger partial charge on any atom is 0.573 e. The van der Waals surface area contributed by atoms with Gasteiger partial charge in [-0.2, -0.15) is 0 Å². The van der Waals surface area contributed by atoms with Crippen molar-refractivity contribution in [3.8, 4) is 5.75 Å². The molecule has 7 heteroatoms. The van der Waals surface area contributed by atoms with E-state index in [0.717, 1.165) is 0 Å². The maximum atomic E-state index is 12.1. The molecule has 2 aromatic rings. The molecule has 0 saturated heterocycles.